The fourth-order valence-electron chi connectivity index (χ4n) is 2.77. The second-order valence-corrected chi connectivity index (χ2v) is 6.34. The Balaban J connectivity index is 1.62. The molecule has 0 aromatic heterocycles. The zero-order chi connectivity index (χ0) is 18.8. The fourth-order valence-corrected chi connectivity index (χ4v) is 2.77. The molecule has 0 spiro atoms. The zero-order valence-electron chi connectivity index (χ0n) is 15.1. The second kappa shape index (κ2) is 10.6. The van der Waals surface area contributed by atoms with E-state index in [0.29, 0.717) is 43.2 Å². The highest BCUT2D eigenvalue weighted by Crippen LogP contribution is 2.18. The van der Waals surface area contributed by atoms with Gasteiger partial charge in [0.05, 0.1) is 0 Å². The molecule has 0 unspecified atom stereocenters. The first-order chi connectivity index (χ1) is 12.5. The van der Waals surface area contributed by atoms with Crippen molar-refractivity contribution in [2.45, 2.75) is 32.6 Å². The number of hydrogen-bond acceptors (Lipinski definition) is 5. The van der Waals surface area contributed by atoms with E-state index in [1.54, 1.807) is 18.2 Å². The number of amides is 2. The first-order valence-corrected chi connectivity index (χ1v) is 8.95. The molecule has 142 valence electrons. The number of ether oxygens (including phenoxy) is 2. The van der Waals surface area contributed by atoms with Gasteiger partial charge in [-0.1, -0.05) is 6.07 Å². The van der Waals surface area contributed by atoms with Gasteiger partial charge < -0.3 is 20.1 Å². The number of nitrogens with one attached hydrogen (secondary N) is 2. The molecular formula is C19H26N2O5. The highest BCUT2D eigenvalue weighted by Gasteiger charge is 2.17. The smallest absolute Gasteiger partial charge is 0.308 e. The van der Waals surface area contributed by atoms with Crippen molar-refractivity contribution in [1.82, 2.24) is 10.6 Å². The van der Waals surface area contributed by atoms with Gasteiger partial charge >= 0.3 is 5.97 Å². The molecule has 7 heteroatoms. The van der Waals surface area contributed by atoms with E-state index >= 15 is 0 Å². The minimum Gasteiger partial charge on any atom is -0.427 e. The summed E-state index contributed by atoms with van der Waals surface area (Å²) in [5.41, 5.74) is 0.423. The maximum atomic E-state index is 12.1. The molecule has 2 rings (SSSR count). The zero-order valence-corrected chi connectivity index (χ0v) is 15.1. The summed E-state index contributed by atoms with van der Waals surface area (Å²) in [6, 6.07) is 6.44. The first-order valence-electron chi connectivity index (χ1n) is 8.95. The van der Waals surface area contributed by atoms with E-state index in [2.05, 4.69) is 10.6 Å². The van der Waals surface area contributed by atoms with Crippen LogP contribution >= 0.6 is 0 Å². The number of hydrogen-bond donors (Lipinski definition) is 2. The Labute approximate surface area is 153 Å². The van der Waals surface area contributed by atoms with Gasteiger partial charge in [0, 0.05) is 45.2 Å². The quantitative estimate of drug-likeness (QED) is 0.417. The average Bonchev–Trinajstić information content (AvgIpc) is 2.61. The summed E-state index contributed by atoms with van der Waals surface area (Å²) >= 11 is 0. The minimum atomic E-state index is -0.431. The highest BCUT2D eigenvalue weighted by molar-refractivity contribution is 5.94. The fraction of sp³-hybridized carbons (Fsp3) is 0.526. The third-order valence-electron chi connectivity index (χ3n) is 4.13. The van der Waals surface area contributed by atoms with Crippen LogP contribution < -0.4 is 15.4 Å². The van der Waals surface area contributed by atoms with Gasteiger partial charge in [0.1, 0.15) is 5.75 Å². The first kappa shape index (κ1) is 19.9. The van der Waals surface area contributed by atoms with Gasteiger partial charge in [-0.3, -0.25) is 14.4 Å². The van der Waals surface area contributed by atoms with Crippen LogP contribution in [0.5, 0.6) is 5.75 Å². The van der Waals surface area contributed by atoms with E-state index in [1.807, 2.05) is 0 Å². The van der Waals surface area contributed by atoms with Crippen LogP contribution in [0.15, 0.2) is 24.3 Å². The van der Waals surface area contributed by atoms with Crippen molar-refractivity contribution in [3.05, 3.63) is 29.8 Å². The van der Waals surface area contributed by atoms with Crippen LogP contribution in [0.25, 0.3) is 0 Å². The van der Waals surface area contributed by atoms with Crippen molar-refractivity contribution in [2.24, 2.45) is 5.92 Å². The van der Waals surface area contributed by atoms with Crippen LogP contribution in [0.4, 0.5) is 0 Å². The van der Waals surface area contributed by atoms with Crippen molar-refractivity contribution < 1.29 is 23.9 Å². The van der Waals surface area contributed by atoms with Gasteiger partial charge in [0.15, 0.2) is 0 Å². The van der Waals surface area contributed by atoms with Crippen LogP contribution in [0.2, 0.25) is 0 Å². The Hall–Kier alpha value is -2.41. The van der Waals surface area contributed by atoms with E-state index < -0.39 is 5.97 Å². The third-order valence-corrected chi connectivity index (χ3v) is 4.13. The van der Waals surface area contributed by atoms with Crippen molar-refractivity contribution in [1.29, 1.82) is 0 Å². The van der Waals surface area contributed by atoms with Crippen molar-refractivity contribution >= 4 is 17.8 Å². The predicted molar refractivity (Wildman–Crippen MR) is 95.9 cm³/mol. The molecule has 0 radical (unpaired) electrons. The molecule has 7 nitrogen and oxygen atoms in total. The Kier molecular flexibility index (Phi) is 8.08. The van der Waals surface area contributed by atoms with Crippen molar-refractivity contribution in [3.63, 3.8) is 0 Å². The maximum Gasteiger partial charge on any atom is 0.308 e. The lowest BCUT2D eigenvalue weighted by atomic mass is 9.96. The monoisotopic (exact) mass is 362 g/mol. The maximum absolute atomic E-state index is 12.1. The van der Waals surface area contributed by atoms with Gasteiger partial charge in [-0.25, -0.2) is 0 Å². The molecule has 2 N–H and O–H groups in total. The number of esters is 1. The highest BCUT2D eigenvalue weighted by atomic mass is 16.5. The number of carbonyl (C=O) groups excluding carboxylic acids is 3. The largest absolute Gasteiger partial charge is 0.427 e. The SMILES string of the molecule is CC(=O)Oc1cccc(C(=O)NCCCNC(=O)CC2CCOCC2)c1. The summed E-state index contributed by atoms with van der Waals surface area (Å²) in [5, 5.41) is 5.67. The predicted octanol–water partition coefficient (Wildman–Crippen LogP) is 1.66. The Morgan fingerprint density at radius 1 is 1.15 bits per heavy atom. The molecule has 1 aliphatic heterocycles. The Morgan fingerprint density at radius 2 is 1.88 bits per heavy atom. The van der Waals surface area contributed by atoms with Gasteiger partial charge in [0.2, 0.25) is 5.91 Å². The van der Waals surface area contributed by atoms with E-state index in [0.717, 1.165) is 26.1 Å². The topological polar surface area (TPSA) is 93.7 Å². The summed E-state index contributed by atoms with van der Waals surface area (Å²) in [6.45, 7) is 3.76. The lowest BCUT2D eigenvalue weighted by Gasteiger charge is -2.21. The molecular weight excluding hydrogens is 336 g/mol. The molecule has 0 atom stereocenters. The number of carbonyl (C=O) groups is 3. The Morgan fingerprint density at radius 3 is 2.62 bits per heavy atom. The molecule has 1 saturated heterocycles. The molecule has 0 saturated carbocycles. The van der Waals surface area contributed by atoms with Crippen molar-refractivity contribution in [2.75, 3.05) is 26.3 Å². The van der Waals surface area contributed by atoms with E-state index in [1.165, 1.54) is 13.0 Å². The number of rotatable bonds is 8. The number of benzene rings is 1. The summed E-state index contributed by atoms with van der Waals surface area (Å²) in [6.07, 6.45) is 3.07. The van der Waals surface area contributed by atoms with Crippen LogP contribution in [-0.2, 0) is 14.3 Å². The summed E-state index contributed by atoms with van der Waals surface area (Å²) in [7, 11) is 0. The molecule has 0 bridgehead atoms. The summed E-state index contributed by atoms with van der Waals surface area (Å²) in [5.74, 6) is 0.127. The van der Waals surface area contributed by atoms with Crippen LogP contribution in [0, 0.1) is 5.92 Å². The Bertz CT molecular complexity index is 626. The lowest BCUT2D eigenvalue weighted by Crippen LogP contribution is -2.31. The second-order valence-electron chi connectivity index (χ2n) is 6.34. The average molecular weight is 362 g/mol. The van der Waals surface area contributed by atoms with Crippen LogP contribution in [-0.4, -0.2) is 44.1 Å². The summed E-state index contributed by atoms with van der Waals surface area (Å²) in [4.78, 5) is 34.9. The molecule has 26 heavy (non-hydrogen) atoms. The van der Waals surface area contributed by atoms with E-state index in [9.17, 15) is 14.4 Å². The summed E-state index contributed by atoms with van der Waals surface area (Å²) < 4.78 is 10.2. The molecule has 1 aromatic carbocycles. The third kappa shape index (κ3) is 7.23. The van der Waals surface area contributed by atoms with Gasteiger partial charge in [0.25, 0.3) is 5.91 Å². The molecule has 0 aliphatic carbocycles. The minimum absolute atomic E-state index is 0.0531. The van der Waals surface area contributed by atoms with E-state index in [-0.39, 0.29) is 11.8 Å². The van der Waals surface area contributed by atoms with Gasteiger partial charge in [-0.2, -0.15) is 0 Å². The van der Waals surface area contributed by atoms with Gasteiger partial charge in [-0.05, 0) is 43.4 Å². The molecule has 1 aliphatic rings. The van der Waals surface area contributed by atoms with Crippen molar-refractivity contribution in [3.8, 4) is 5.75 Å². The normalized spacial score (nSPS) is 14.5. The van der Waals surface area contributed by atoms with Gasteiger partial charge in [-0.15, -0.1) is 0 Å². The standard InChI is InChI=1S/C19H26N2O5/c1-14(22)26-17-5-2-4-16(13-17)19(24)21-9-3-8-20-18(23)12-15-6-10-25-11-7-15/h2,4-5,13,15H,3,6-12H2,1H3,(H,20,23)(H,21,24). The van der Waals surface area contributed by atoms with Crippen LogP contribution in [0.1, 0.15) is 43.0 Å². The van der Waals surface area contributed by atoms with Crippen LogP contribution in [0.3, 0.4) is 0 Å². The molecule has 1 heterocycles. The molecule has 1 fully saturated rings. The molecule has 1 aromatic rings. The van der Waals surface area contributed by atoms with E-state index in [4.69, 9.17) is 9.47 Å². The molecule has 2 amide bonds. The lowest BCUT2D eigenvalue weighted by molar-refractivity contribution is -0.132.